The zero-order chi connectivity index (χ0) is 19.3. The number of carbonyl (C=O) groups is 1. The Hall–Kier alpha value is -3.65. The molecule has 0 bridgehead atoms. The van der Waals surface area contributed by atoms with Crippen molar-refractivity contribution in [2.24, 2.45) is 4.99 Å². The van der Waals surface area contributed by atoms with Crippen molar-refractivity contribution in [3.05, 3.63) is 73.2 Å². The molecule has 0 unspecified atom stereocenters. The highest BCUT2D eigenvalue weighted by molar-refractivity contribution is 7.10. The maximum atomic E-state index is 12.4. The topological polar surface area (TPSA) is 90.1 Å². The highest BCUT2D eigenvalue weighted by Gasteiger charge is 2.19. The number of benzene rings is 2. The molecule has 2 aliphatic rings. The van der Waals surface area contributed by atoms with Crippen molar-refractivity contribution in [1.29, 1.82) is 0 Å². The van der Waals surface area contributed by atoms with Crippen molar-refractivity contribution in [3.63, 3.8) is 0 Å². The number of nitrogens with zero attached hydrogens (tertiary/aromatic N) is 2. The van der Waals surface area contributed by atoms with Gasteiger partial charge >= 0.3 is 4.87 Å². The average Bonchev–Trinajstić information content (AvgIpc) is 3.25. The van der Waals surface area contributed by atoms with Gasteiger partial charge in [-0.25, -0.2) is 9.56 Å². The van der Waals surface area contributed by atoms with Crippen molar-refractivity contribution in [2.45, 2.75) is 0 Å². The molecule has 0 atom stereocenters. The van der Waals surface area contributed by atoms with E-state index in [1.807, 2.05) is 6.07 Å². The van der Waals surface area contributed by atoms with Crippen molar-refractivity contribution in [1.82, 2.24) is 4.57 Å². The Morgan fingerprint density at radius 3 is 2.64 bits per heavy atom. The molecule has 0 radical (unpaired) electrons. The van der Waals surface area contributed by atoms with Gasteiger partial charge in [-0.05, 0) is 30.4 Å². The Morgan fingerprint density at radius 2 is 1.86 bits per heavy atom. The number of amides is 1. The molecule has 0 spiro atoms. The Bertz CT molecular complexity index is 1340. The van der Waals surface area contributed by atoms with E-state index in [9.17, 15) is 14.7 Å². The maximum absolute atomic E-state index is 12.4. The maximum Gasteiger partial charge on any atom is 0.315 e. The first kappa shape index (κ1) is 16.5. The monoisotopic (exact) mass is 392 g/mol. The summed E-state index contributed by atoms with van der Waals surface area (Å²) in [6, 6.07) is 12.2. The van der Waals surface area contributed by atoms with Crippen LogP contribution in [0.4, 0.5) is 0 Å². The fraction of sp³-hybridized carbons (Fsp3) is 0.0500. The van der Waals surface area contributed by atoms with Gasteiger partial charge in [-0.15, -0.1) is 0 Å². The molecule has 0 saturated heterocycles. The van der Waals surface area contributed by atoms with Gasteiger partial charge in [0.1, 0.15) is 0 Å². The molecule has 1 amide bonds. The summed E-state index contributed by atoms with van der Waals surface area (Å²) in [6.45, 7) is 0.129. The van der Waals surface area contributed by atoms with E-state index >= 15 is 0 Å². The van der Waals surface area contributed by atoms with E-state index in [1.165, 1.54) is 10.6 Å². The number of hydrogen-bond donors (Lipinski definition) is 1. The van der Waals surface area contributed by atoms with E-state index in [0.29, 0.717) is 27.8 Å². The van der Waals surface area contributed by atoms with Crippen LogP contribution in [0, 0.1) is 0 Å². The van der Waals surface area contributed by atoms with Gasteiger partial charge in [0.2, 0.25) is 12.7 Å². The van der Waals surface area contributed by atoms with Gasteiger partial charge in [0.05, 0.1) is 15.9 Å². The first-order valence-corrected chi connectivity index (χ1v) is 9.18. The molecule has 2 aliphatic heterocycles. The van der Waals surface area contributed by atoms with E-state index in [1.54, 1.807) is 42.5 Å². The van der Waals surface area contributed by atoms with Crippen LogP contribution in [0.2, 0.25) is 0 Å². The summed E-state index contributed by atoms with van der Waals surface area (Å²) in [5.74, 6) is 0.456. The summed E-state index contributed by atoms with van der Waals surface area (Å²) in [6.07, 6.45) is 3.13. The zero-order valence-corrected chi connectivity index (χ0v) is 15.1. The Labute approximate surface area is 161 Å². The molecule has 1 N–H and O–H groups in total. The van der Waals surface area contributed by atoms with Gasteiger partial charge in [-0.1, -0.05) is 29.5 Å². The average molecular weight is 392 g/mol. The summed E-state index contributed by atoms with van der Waals surface area (Å²) in [4.78, 5) is 28.8. The number of para-hydroxylation sites is 1. The van der Waals surface area contributed by atoms with Gasteiger partial charge in [-0.2, -0.15) is 0 Å². The second-order valence-electron chi connectivity index (χ2n) is 6.15. The lowest BCUT2D eigenvalue weighted by Crippen LogP contribution is -2.30. The highest BCUT2D eigenvalue weighted by atomic mass is 32.1. The summed E-state index contributed by atoms with van der Waals surface area (Å²) in [5, 5.41) is 11.7. The lowest BCUT2D eigenvalue weighted by Gasteiger charge is -2.05. The Morgan fingerprint density at radius 1 is 1.11 bits per heavy atom. The number of aromatic nitrogens is 1. The number of hydrogen-bond acceptors (Lipinski definition) is 6. The molecule has 1 aromatic heterocycles. The van der Waals surface area contributed by atoms with Crippen LogP contribution in [0.25, 0.3) is 17.8 Å². The number of thiazole rings is 1. The van der Waals surface area contributed by atoms with Crippen LogP contribution in [-0.2, 0) is 4.79 Å². The molecule has 0 fully saturated rings. The molecule has 8 heteroatoms. The zero-order valence-electron chi connectivity index (χ0n) is 14.3. The number of carbonyl (C=O) groups excluding carboxylic acids is 1. The van der Waals surface area contributed by atoms with Crippen LogP contribution < -0.4 is 24.9 Å². The van der Waals surface area contributed by atoms with Gasteiger partial charge in [0, 0.05) is 16.9 Å². The number of fused-ring (bicyclic) bond motifs is 2. The van der Waals surface area contributed by atoms with Crippen LogP contribution in [-0.4, -0.2) is 22.4 Å². The third-order valence-corrected chi connectivity index (χ3v) is 5.29. The van der Waals surface area contributed by atoms with Gasteiger partial charge in [0.25, 0.3) is 5.91 Å². The molecule has 0 aliphatic carbocycles. The summed E-state index contributed by atoms with van der Waals surface area (Å²) >= 11 is 0.855. The van der Waals surface area contributed by atoms with E-state index in [2.05, 4.69) is 4.99 Å². The molecule has 28 heavy (non-hydrogen) atoms. The molecular formula is C20H12N2O5S. The smallest absolute Gasteiger partial charge is 0.315 e. The van der Waals surface area contributed by atoms with E-state index in [4.69, 9.17) is 9.47 Å². The fourth-order valence-corrected chi connectivity index (χ4v) is 3.93. The molecular weight excluding hydrogens is 380 g/mol. The summed E-state index contributed by atoms with van der Waals surface area (Å²) in [5.41, 5.74) is 0.815. The largest absolute Gasteiger partial charge is 0.493 e. The van der Waals surface area contributed by atoms with Crippen LogP contribution in [0.15, 0.2) is 57.8 Å². The predicted molar refractivity (Wildman–Crippen MR) is 102 cm³/mol. The molecule has 0 saturated carbocycles. The molecule has 138 valence electrons. The van der Waals surface area contributed by atoms with Gasteiger partial charge in [0.15, 0.2) is 11.5 Å². The minimum Gasteiger partial charge on any atom is -0.493 e. The van der Waals surface area contributed by atoms with Crippen molar-refractivity contribution >= 4 is 29.4 Å². The standard InChI is InChI=1S/C20H12N2O5S/c23-18-12(6-11-7-15-16(27-10-26-15)9-14(11)21-18)8-17-19(24)22(20(25)28-17)13-4-2-1-3-5-13/h1-9,24H,10H2/b12-8+. The second-order valence-corrected chi connectivity index (χ2v) is 7.15. The minimum absolute atomic E-state index is 0.129. The molecule has 3 heterocycles. The summed E-state index contributed by atoms with van der Waals surface area (Å²) in [7, 11) is 0. The van der Waals surface area contributed by atoms with Crippen LogP contribution in [0.5, 0.6) is 17.4 Å². The number of aromatic hydroxyl groups is 1. The molecule has 5 rings (SSSR count). The van der Waals surface area contributed by atoms with E-state index in [-0.39, 0.29) is 28.0 Å². The Balaban J connectivity index is 1.63. The van der Waals surface area contributed by atoms with Gasteiger partial charge in [-0.3, -0.25) is 9.59 Å². The SMILES string of the molecule is O=C1N=c2cc3c(cc2=C/C1=C\c1sc(=O)n(-c2ccccc2)c1O)OCO3. The molecule has 2 aromatic carbocycles. The third-order valence-electron chi connectivity index (χ3n) is 4.41. The first-order chi connectivity index (χ1) is 13.6. The Kier molecular flexibility index (Phi) is 3.66. The van der Waals surface area contributed by atoms with Crippen molar-refractivity contribution < 1.29 is 19.4 Å². The quantitative estimate of drug-likeness (QED) is 0.665. The molecule has 3 aromatic rings. The predicted octanol–water partition coefficient (Wildman–Crippen LogP) is 1.36. The van der Waals surface area contributed by atoms with Gasteiger partial charge < -0.3 is 14.6 Å². The number of ether oxygens (including phenoxy) is 2. The summed E-state index contributed by atoms with van der Waals surface area (Å²) < 4.78 is 11.9. The van der Waals surface area contributed by atoms with Crippen LogP contribution in [0.1, 0.15) is 4.88 Å². The first-order valence-electron chi connectivity index (χ1n) is 8.36. The lowest BCUT2D eigenvalue weighted by atomic mass is 10.1. The van der Waals surface area contributed by atoms with E-state index in [0.717, 1.165) is 11.3 Å². The number of rotatable bonds is 2. The molecule has 7 nitrogen and oxygen atoms in total. The second kappa shape index (κ2) is 6.21. The highest BCUT2D eigenvalue weighted by Crippen LogP contribution is 2.29. The minimum atomic E-state index is -0.460. The van der Waals surface area contributed by atoms with Crippen molar-refractivity contribution in [3.8, 4) is 23.1 Å². The van der Waals surface area contributed by atoms with E-state index < -0.39 is 5.91 Å². The third kappa shape index (κ3) is 2.62. The normalized spacial score (nSPS) is 15.9. The van der Waals surface area contributed by atoms with Crippen LogP contribution >= 0.6 is 11.3 Å². The fourth-order valence-electron chi connectivity index (χ4n) is 3.09. The van der Waals surface area contributed by atoms with Crippen molar-refractivity contribution in [2.75, 3.05) is 6.79 Å². The van der Waals surface area contributed by atoms with Crippen LogP contribution in [0.3, 0.4) is 0 Å². The lowest BCUT2D eigenvalue weighted by molar-refractivity contribution is -0.114.